The van der Waals surface area contributed by atoms with Crippen LogP contribution >= 0.6 is 0 Å². The predicted molar refractivity (Wildman–Crippen MR) is 98.0 cm³/mol. The summed E-state index contributed by atoms with van der Waals surface area (Å²) >= 11 is 0. The lowest BCUT2D eigenvalue weighted by Gasteiger charge is -2.32. The van der Waals surface area contributed by atoms with Gasteiger partial charge in [0.15, 0.2) is 0 Å². The van der Waals surface area contributed by atoms with Crippen molar-refractivity contribution in [2.24, 2.45) is 5.73 Å². The fraction of sp³-hybridized carbons (Fsp3) is 0.300. The van der Waals surface area contributed by atoms with Gasteiger partial charge in [-0.15, -0.1) is 0 Å². The zero-order valence-corrected chi connectivity index (χ0v) is 14.2. The maximum absolute atomic E-state index is 12.5. The van der Waals surface area contributed by atoms with E-state index in [1.807, 2.05) is 59.5 Å². The average molecular weight is 337 g/mol. The summed E-state index contributed by atoms with van der Waals surface area (Å²) in [6, 6.07) is 17.7. The summed E-state index contributed by atoms with van der Waals surface area (Å²) in [4.78, 5) is 25.5. The summed E-state index contributed by atoms with van der Waals surface area (Å²) in [7, 11) is 0. The summed E-state index contributed by atoms with van der Waals surface area (Å²) < 4.78 is 0. The Morgan fingerprint density at radius 2 is 1.72 bits per heavy atom. The van der Waals surface area contributed by atoms with E-state index < -0.39 is 0 Å². The number of rotatable bonds is 5. The second-order valence-electron chi connectivity index (χ2n) is 6.46. The van der Waals surface area contributed by atoms with Gasteiger partial charge in [-0.2, -0.15) is 0 Å². The van der Waals surface area contributed by atoms with Crippen molar-refractivity contribution >= 4 is 11.8 Å². The van der Waals surface area contributed by atoms with Crippen LogP contribution in [0.25, 0.3) is 11.1 Å². The Bertz CT molecular complexity index is 728. The third-order valence-corrected chi connectivity index (χ3v) is 4.47. The number of primary amides is 1. The zero-order valence-electron chi connectivity index (χ0n) is 14.2. The Balaban J connectivity index is 1.60. The van der Waals surface area contributed by atoms with Gasteiger partial charge in [-0.1, -0.05) is 42.5 Å². The molecule has 0 saturated carbocycles. The highest BCUT2D eigenvalue weighted by atomic mass is 16.2. The minimum absolute atomic E-state index is 0.0504. The Morgan fingerprint density at radius 1 is 1.04 bits per heavy atom. The number of nitrogens with two attached hydrogens (primary N) is 1. The molecule has 2 aromatic rings. The first kappa shape index (κ1) is 17.2. The summed E-state index contributed by atoms with van der Waals surface area (Å²) in [5.74, 6) is -0.408. The fourth-order valence-electron chi connectivity index (χ4n) is 3.25. The standard InChI is InChI=1S/C20H23N3O2/c21-19(24)14-23-12-4-7-18(13-23)22-20(25)17-10-8-16(9-11-17)15-5-2-1-3-6-15/h1-3,5-6,8-11,18H,4,7,12-14H2,(H2,21,24)(H,22,25). The number of carbonyl (C=O) groups is 2. The van der Waals surface area contributed by atoms with Gasteiger partial charge >= 0.3 is 0 Å². The van der Waals surface area contributed by atoms with Gasteiger partial charge < -0.3 is 11.1 Å². The van der Waals surface area contributed by atoms with Crippen LogP contribution in [-0.2, 0) is 4.79 Å². The molecule has 1 saturated heterocycles. The summed E-state index contributed by atoms with van der Waals surface area (Å²) in [5.41, 5.74) is 8.11. The van der Waals surface area contributed by atoms with E-state index in [9.17, 15) is 9.59 Å². The molecule has 1 atom stereocenters. The van der Waals surface area contributed by atoms with Crippen LogP contribution in [-0.4, -0.2) is 42.4 Å². The lowest BCUT2D eigenvalue weighted by atomic mass is 10.0. The first-order chi connectivity index (χ1) is 12.1. The van der Waals surface area contributed by atoms with Crippen LogP contribution < -0.4 is 11.1 Å². The molecule has 0 bridgehead atoms. The molecule has 130 valence electrons. The number of amides is 2. The van der Waals surface area contributed by atoms with Gasteiger partial charge in [0, 0.05) is 18.2 Å². The molecule has 2 amide bonds. The Labute approximate surface area is 147 Å². The number of hydrogen-bond acceptors (Lipinski definition) is 3. The molecule has 0 aromatic heterocycles. The van der Waals surface area contributed by atoms with E-state index in [4.69, 9.17) is 5.73 Å². The second-order valence-corrected chi connectivity index (χ2v) is 6.46. The number of nitrogens with one attached hydrogen (secondary N) is 1. The molecule has 3 N–H and O–H groups in total. The van der Waals surface area contributed by atoms with Gasteiger partial charge in [0.05, 0.1) is 6.54 Å². The smallest absolute Gasteiger partial charge is 0.251 e. The van der Waals surface area contributed by atoms with Crippen LogP contribution in [0.4, 0.5) is 0 Å². The van der Waals surface area contributed by atoms with Crippen molar-refractivity contribution in [3.8, 4) is 11.1 Å². The summed E-state index contributed by atoms with van der Waals surface area (Å²) in [6.07, 6.45) is 1.87. The van der Waals surface area contributed by atoms with Gasteiger partial charge in [-0.25, -0.2) is 0 Å². The third-order valence-electron chi connectivity index (χ3n) is 4.47. The molecular weight excluding hydrogens is 314 g/mol. The summed E-state index contributed by atoms with van der Waals surface area (Å²) in [6.45, 7) is 1.76. The molecule has 0 aliphatic carbocycles. The third kappa shape index (κ3) is 4.67. The first-order valence-corrected chi connectivity index (χ1v) is 8.59. The van der Waals surface area contributed by atoms with Crippen molar-refractivity contribution < 1.29 is 9.59 Å². The predicted octanol–water partition coefficient (Wildman–Crippen LogP) is 2.03. The molecule has 5 heteroatoms. The van der Waals surface area contributed by atoms with E-state index in [0.29, 0.717) is 12.1 Å². The lowest BCUT2D eigenvalue weighted by molar-refractivity contribution is -0.119. The quantitative estimate of drug-likeness (QED) is 0.876. The highest BCUT2D eigenvalue weighted by Gasteiger charge is 2.22. The van der Waals surface area contributed by atoms with E-state index in [0.717, 1.165) is 30.5 Å². The van der Waals surface area contributed by atoms with Crippen LogP contribution in [0, 0.1) is 0 Å². The molecule has 25 heavy (non-hydrogen) atoms. The van der Waals surface area contributed by atoms with Crippen molar-refractivity contribution in [2.45, 2.75) is 18.9 Å². The van der Waals surface area contributed by atoms with E-state index >= 15 is 0 Å². The molecule has 0 radical (unpaired) electrons. The molecule has 2 aromatic carbocycles. The number of likely N-dealkylation sites (tertiary alicyclic amines) is 1. The molecular formula is C20H23N3O2. The molecule has 1 fully saturated rings. The Hall–Kier alpha value is -2.66. The zero-order chi connectivity index (χ0) is 17.6. The molecule has 1 heterocycles. The lowest BCUT2D eigenvalue weighted by Crippen LogP contribution is -2.49. The van der Waals surface area contributed by atoms with Gasteiger partial charge in [0.2, 0.25) is 5.91 Å². The molecule has 1 unspecified atom stereocenters. The van der Waals surface area contributed by atoms with Gasteiger partial charge in [-0.3, -0.25) is 14.5 Å². The van der Waals surface area contributed by atoms with E-state index in [-0.39, 0.29) is 24.4 Å². The van der Waals surface area contributed by atoms with Gasteiger partial charge in [-0.05, 0) is 42.6 Å². The monoisotopic (exact) mass is 337 g/mol. The number of carbonyl (C=O) groups excluding carboxylic acids is 2. The van der Waals surface area contributed by atoms with Crippen LogP contribution in [0.3, 0.4) is 0 Å². The highest BCUT2D eigenvalue weighted by Crippen LogP contribution is 2.19. The van der Waals surface area contributed by atoms with Crippen LogP contribution in [0.15, 0.2) is 54.6 Å². The molecule has 1 aliphatic rings. The number of hydrogen-bond donors (Lipinski definition) is 2. The van der Waals surface area contributed by atoms with Crippen molar-refractivity contribution in [1.82, 2.24) is 10.2 Å². The molecule has 0 spiro atoms. The Morgan fingerprint density at radius 3 is 2.40 bits per heavy atom. The van der Waals surface area contributed by atoms with Crippen LogP contribution in [0.2, 0.25) is 0 Å². The summed E-state index contributed by atoms with van der Waals surface area (Å²) in [5, 5.41) is 3.06. The molecule has 5 nitrogen and oxygen atoms in total. The maximum Gasteiger partial charge on any atom is 0.251 e. The maximum atomic E-state index is 12.5. The SMILES string of the molecule is NC(=O)CN1CCCC(NC(=O)c2ccc(-c3ccccc3)cc2)C1. The number of nitrogens with zero attached hydrogens (tertiary/aromatic N) is 1. The van der Waals surface area contributed by atoms with Crippen LogP contribution in [0.5, 0.6) is 0 Å². The Kier molecular flexibility index (Phi) is 5.46. The average Bonchev–Trinajstić information content (AvgIpc) is 2.62. The largest absolute Gasteiger partial charge is 0.369 e. The van der Waals surface area contributed by atoms with Gasteiger partial charge in [0.25, 0.3) is 5.91 Å². The van der Waals surface area contributed by atoms with Crippen LogP contribution in [0.1, 0.15) is 23.2 Å². The number of benzene rings is 2. The second kappa shape index (κ2) is 7.94. The highest BCUT2D eigenvalue weighted by molar-refractivity contribution is 5.94. The van der Waals surface area contributed by atoms with Crippen molar-refractivity contribution in [1.29, 1.82) is 0 Å². The topological polar surface area (TPSA) is 75.4 Å². The molecule has 1 aliphatic heterocycles. The minimum Gasteiger partial charge on any atom is -0.369 e. The van der Waals surface area contributed by atoms with Gasteiger partial charge in [0.1, 0.15) is 0 Å². The normalized spacial score (nSPS) is 17.8. The van der Waals surface area contributed by atoms with E-state index in [1.165, 1.54) is 0 Å². The minimum atomic E-state index is -0.330. The van der Waals surface area contributed by atoms with Crippen molar-refractivity contribution in [2.75, 3.05) is 19.6 Å². The number of piperidine rings is 1. The molecule has 3 rings (SSSR count). The van der Waals surface area contributed by atoms with E-state index in [1.54, 1.807) is 0 Å². The van der Waals surface area contributed by atoms with Crippen molar-refractivity contribution in [3.05, 3.63) is 60.2 Å². The van der Waals surface area contributed by atoms with Crippen molar-refractivity contribution in [3.63, 3.8) is 0 Å². The van der Waals surface area contributed by atoms with E-state index in [2.05, 4.69) is 5.32 Å². The fourth-order valence-corrected chi connectivity index (χ4v) is 3.25. The first-order valence-electron chi connectivity index (χ1n) is 8.59.